The van der Waals surface area contributed by atoms with Gasteiger partial charge in [-0.2, -0.15) is 0 Å². The highest BCUT2D eigenvalue weighted by Crippen LogP contribution is 2.52. The second-order valence-electron chi connectivity index (χ2n) is 10.6. The number of benzene rings is 1. The number of ketones is 1. The maximum Gasteiger partial charge on any atom is 0.162 e. The van der Waals surface area contributed by atoms with Crippen LogP contribution in [0.2, 0.25) is 0 Å². The quantitative estimate of drug-likeness (QED) is 0.228. The van der Waals surface area contributed by atoms with Gasteiger partial charge in [-0.25, -0.2) is 0 Å². The normalized spacial score (nSPS) is 22.2. The lowest BCUT2D eigenvalue weighted by Crippen LogP contribution is -2.24. The number of hydrogen-bond acceptors (Lipinski definition) is 1. The van der Waals surface area contributed by atoms with Crippen LogP contribution in [-0.2, 0) is 4.79 Å². The van der Waals surface area contributed by atoms with E-state index >= 15 is 0 Å². The van der Waals surface area contributed by atoms with E-state index in [0.29, 0.717) is 11.7 Å². The lowest BCUT2D eigenvalue weighted by molar-refractivity contribution is -0.118. The number of rotatable bonds is 13. The van der Waals surface area contributed by atoms with Gasteiger partial charge in [0.1, 0.15) is 0 Å². The third-order valence-electron chi connectivity index (χ3n) is 7.94. The van der Waals surface area contributed by atoms with E-state index in [1.54, 1.807) is 0 Å². The van der Waals surface area contributed by atoms with Gasteiger partial charge in [-0.15, -0.1) is 0 Å². The fraction of sp³-hybridized carbons (Fsp3) is 0.700. The van der Waals surface area contributed by atoms with Crippen LogP contribution in [0.4, 0.5) is 0 Å². The first-order chi connectivity index (χ1) is 14.8. The van der Waals surface area contributed by atoms with E-state index < -0.39 is 0 Å². The van der Waals surface area contributed by atoms with Crippen LogP contribution in [-0.4, -0.2) is 5.78 Å². The summed E-state index contributed by atoms with van der Waals surface area (Å²) in [4.78, 5) is 13.4. The molecule has 0 bridgehead atoms. The van der Waals surface area contributed by atoms with Crippen LogP contribution >= 0.6 is 0 Å². The van der Waals surface area contributed by atoms with Crippen molar-refractivity contribution < 1.29 is 4.79 Å². The third-order valence-corrected chi connectivity index (χ3v) is 7.94. The van der Waals surface area contributed by atoms with Crippen molar-refractivity contribution in [3.63, 3.8) is 0 Å². The maximum absolute atomic E-state index is 13.4. The Balaban J connectivity index is 2.05. The van der Waals surface area contributed by atoms with Gasteiger partial charge in [0.25, 0.3) is 0 Å². The Morgan fingerprint density at radius 3 is 1.87 bits per heavy atom. The molecule has 2 rings (SSSR count). The first-order valence-electron chi connectivity index (χ1n) is 13.2. The molecular formula is C30H48O. The van der Waals surface area contributed by atoms with Gasteiger partial charge >= 0.3 is 0 Å². The number of carbonyl (C=O) groups excluding carboxylic acids is 1. The summed E-state index contributed by atoms with van der Waals surface area (Å²) in [6.45, 7) is 13.4. The second kappa shape index (κ2) is 12.6. The Hall–Kier alpha value is -1.37. The minimum atomic E-state index is 0.0505. The van der Waals surface area contributed by atoms with Crippen molar-refractivity contribution in [2.45, 2.75) is 119 Å². The summed E-state index contributed by atoms with van der Waals surface area (Å²) in [6, 6.07) is 8.88. The van der Waals surface area contributed by atoms with Crippen molar-refractivity contribution in [2.75, 3.05) is 0 Å². The lowest BCUT2D eigenvalue weighted by atomic mass is 9.73. The highest BCUT2D eigenvalue weighted by atomic mass is 16.1. The molecule has 1 aliphatic rings. The van der Waals surface area contributed by atoms with Crippen molar-refractivity contribution in [1.82, 2.24) is 0 Å². The van der Waals surface area contributed by atoms with E-state index in [2.05, 4.69) is 65.8 Å². The predicted octanol–water partition coefficient (Wildman–Crippen LogP) is 9.33. The molecule has 1 saturated carbocycles. The molecule has 1 fully saturated rings. The zero-order valence-electron chi connectivity index (χ0n) is 21.4. The van der Waals surface area contributed by atoms with Crippen molar-refractivity contribution in [3.8, 4) is 0 Å². The van der Waals surface area contributed by atoms with E-state index in [4.69, 9.17) is 0 Å². The Kier molecular flexibility index (Phi) is 10.5. The SMILES string of the molecule is CCCCCCCCCCCC/C(=C1\C(=O)C(C)C(C)(C)C1CC)c1ccc(C)cc1. The second-order valence-corrected chi connectivity index (χ2v) is 10.6. The average molecular weight is 425 g/mol. The van der Waals surface area contributed by atoms with E-state index in [1.165, 1.54) is 80.9 Å². The van der Waals surface area contributed by atoms with Crippen LogP contribution in [0.25, 0.3) is 5.57 Å². The Morgan fingerprint density at radius 1 is 0.839 bits per heavy atom. The Morgan fingerprint density at radius 2 is 1.35 bits per heavy atom. The topological polar surface area (TPSA) is 17.1 Å². The van der Waals surface area contributed by atoms with Crippen molar-refractivity contribution in [2.24, 2.45) is 17.3 Å². The van der Waals surface area contributed by atoms with E-state index in [-0.39, 0.29) is 11.3 Å². The molecule has 2 unspecified atom stereocenters. The predicted molar refractivity (Wildman–Crippen MR) is 136 cm³/mol. The summed E-state index contributed by atoms with van der Waals surface area (Å²) in [6.07, 6.45) is 15.6. The Labute approximate surface area is 193 Å². The molecule has 0 radical (unpaired) electrons. The number of Topliss-reactive ketones (excluding diaryl/α,β-unsaturated/α-hetero) is 1. The van der Waals surface area contributed by atoms with E-state index in [0.717, 1.165) is 18.4 Å². The molecule has 1 heteroatoms. The van der Waals surface area contributed by atoms with Gasteiger partial charge in [0, 0.05) is 11.5 Å². The first kappa shape index (κ1) is 25.9. The van der Waals surface area contributed by atoms with Crippen LogP contribution in [0.5, 0.6) is 0 Å². The fourth-order valence-corrected chi connectivity index (χ4v) is 5.48. The number of carbonyl (C=O) groups is 1. The van der Waals surface area contributed by atoms with E-state index in [9.17, 15) is 4.79 Å². The molecule has 0 heterocycles. The molecule has 0 aromatic heterocycles. The van der Waals surface area contributed by atoms with Crippen molar-refractivity contribution >= 4 is 11.4 Å². The monoisotopic (exact) mass is 424 g/mol. The van der Waals surface area contributed by atoms with Gasteiger partial charge in [0.2, 0.25) is 0 Å². The highest BCUT2D eigenvalue weighted by molar-refractivity contribution is 6.07. The van der Waals surface area contributed by atoms with E-state index in [1.807, 2.05) is 0 Å². The van der Waals surface area contributed by atoms with Crippen LogP contribution in [0.15, 0.2) is 29.8 Å². The van der Waals surface area contributed by atoms with Crippen LogP contribution in [0, 0.1) is 24.2 Å². The van der Waals surface area contributed by atoms with Gasteiger partial charge < -0.3 is 0 Å². The summed E-state index contributed by atoms with van der Waals surface area (Å²) >= 11 is 0. The molecule has 1 aromatic carbocycles. The molecule has 174 valence electrons. The zero-order chi connectivity index (χ0) is 22.9. The highest BCUT2D eigenvalue weighted by Gasteiger charge is 2.49. The standard InChI is InChI=1S/C30H48O/c1-7-9-10-11-12-13-14-15-16-17-18-26(25-21-19-23(3)20-22-25)28-27(8-2)30(5,6)24(4)29(28)31/h19-22,24,27H,7-18H2,1-6H3/b28-26+. The Bertz CT molecular complexity index is 706. The molecular weight excluding hydrogens is 376 g/mol. The number of allylic oxidation sites excluding steroid dienone is 2. The van der Waals surface area contributed by atoms with Gasteiger partial charge in [0.05, 0.1) is 0 Å². The molecule has 2 atom stereocenters. The fourth-order valence-electron chi connectivity index (χ4n) is 5.48. The van der Waals surface area contributed by atoms with Gasteiger partial charge in [0.15, 0.2) is 5.78 Å². The van der Waals surface area contributed by atoms with Crippen molar-refractivity contribution in [3.05, 3.63) is 41.0 Å². The van der Waals surface area contributed by atoms with Crippen LogP contribution < -0.4 is 0 Å². The summed E-state index contributed by atoms with van der Waals surface area (Å²) in [7, 11) is 0. The van der Waals surface area contributed by atoms with Gasteiger partial charge in [-0.3, -0.25) is 4.79 Å². The third kappa shape index (κ3) is 6.80. The summed E-state index contributed by atoms with van der Waals surface area (Å²) < 4.78 is 0. The molecule has 0 saturated heterocycles. The smallest absolute Gasteiger partial charge is 0.162 e. The zero-order valence-corrected chi connectivity index (χ0v) is 21.4. The molecule has 1 aliphatic carbocycles. The first-order valence-corrected chi connectivity index (χ1v) is 13.2. The number of hydrogen-bond donors (Lipinski definition) is 0. The average Bonchev–Trinajstić information content (AvgIpc) is 2.92. The molecule has 1 aromatic rings. The molecule has 1 nitrogen and oxygen atoms in total. The summed E-state index contributed by atoms with van der Waals surface area (Å²) in [5, 5.41) is 0. The van der Waals surface area contributed by atoms with Gasteiger partial charge in [-0.05, 0) is 48.7 Å². The molecule has 31 heavy (non-hydrogen) atoms. The maximum atomic E-state index is 13.4. The molecule has 0 aliphatic heterocycles. The number of aryl methyl sites for hydroxylation is 1. The summed E-state index contributed by atoms with van der Waals surface area (Å²) in [5.74, 6) is 0.884. The van der Waals surface area contributed by atoms with Crippen LogP contribution in [0.3, 0.4) is 0 Å². The molecule has 0 spiro atoms. The van der Waals surface area contributed by atoms with Crippen LogP contribution in [0.1, 0.15) is 123 Å². The number of unbranched alkanes of at least 4 members (excludes halogenated alkanes) is 9. The van der Waals surface area contributed by atoms with Crippen molar-refractivity contribution in [1.29, 1.82) is 0 Å². The van der Waals surface area contributed by atoms with Gasteiger partial charge in [-0.1, -0.05) is 122 Å². The molecule has 0 N–H and O–H groups in total. The minimum absolute atomic E-state index is 0.0505. The minimum Gasteiger partial charge on any atom is -0.294 e. The lowest BCUT2D eigenvalue weighted by Gasteiger charge is -2.30. The molecule has 0 amide bonds. The summed E-state index contributed by atoms with van der Waals surface area (Å²) in [5.41, 5.74) is 5.10. The largest absolute Gasteiger partial charge is 0.294 e.